The third-order valence-corrected chi connectivity index (χ3v) is 9.66. The Hall–Kier alpha value is -1.94. The molecule has 1 aromatic carbocycles. The zero-order valence-electron chi connectivity index (χ0n) is 19.1. The number of piperazine rings is 1. The SMILES string of the molecule is CN(C1CCCCC1)S(=O)(=O)N1CCN(C(=O)c2ccc(SCc3cccnc3)cc2)CC1. The summed E-state index contributed by atoms with van der Waals surface area (Å²) >= 11 is 1.70. The summed E-state index contributed by atoms with van der Waals surface area (Å²) in [6, 6.07) is 11.7. The number of amides is 1. The molecule has 7 nitrogen and oxygen atoms in total. The number of hydrogen-bond donors (Lipinski definition) is 0. The van der Waals surface area contributed by atoms with Gasteiger partial charge in [-0.2, -0.15) is 17.0 Å². The fourth-order valence-electron chi connectivity index (χ4n) is 4.46. The van der Waals surface area contributed by atoms with E-state index in [1.54, 1.807) is 34.2 Å². The van der Waals surface area contributed by atoms with E-state index in [2.05, 4.69) is 4.98 Å². The highest BCUT2D eigenvalue weighted by atomic mass is 32.2. The number of hydrogen-bond acceptors (Lipinski definition) is 5. The second-order valence-electron chi connectivity index (χ2n) is 8.68. The third kappa shape index (κ3) is 5.95. The lowest BCUT2D eigenvalue weighted by Gasteiger charge is -2.38. The average Bonchev–Trinajstić information content (AvgIpc) is 2.88. The van der Waals surface area contributed by atoms with E-state index in [1.165, 1.54) is 10.7 Å². The zero-order chi connectivity index (χ0) is 23.3. The summed E-state index contributed by atoms with van der Waals surface area (Å²) in [4.78, 5) is 19.9. The Labute approximate surface area is 201 Å². The Morgan fingerprint density at radius 2 is 1.76 bits per heavy atom. The summed E-state index contributed by atoms with van der Waals surface area (Å²) in [7, 11) is -1.78. The van der Waals surface area contributed by atoms with Gasteiger partial charge in [0.05, 0.1) is 0 Å². The second kappa shape index (κ2) is 11.0. The van der Waals surface area contributed by atoms with Crippen molar-refractivity contribution in [3.63, 3.8) is 0 Å². The fourth-order valence-corrected chi connectivity index (χ4v) is 6.87. The molecule has 0 atom stereocenters. The van der Waals surface area contributed by atoms with Gasteiger partial charge in [-0.05, 0) is 48.7 Å². The van der Waals surface area contributed by atoms with Gasteiger partial charge in [0.1, 0.15) is 0 Å². The summed E-state index contributed by atoms with van der Waals surface area (Å²) in [5.74, 6) is 0.781. The Kier molecular flexibility index (Phi) is 8.06. The maximum Gasteiger partial charge on any atom is 0.282 e. The van der Waals surface area contributed by atoms with E-state index < -0.39 is 10.2 Å². The largest absolute Gasteiger partial charge is 0.336 e. The van der Waals surface area contributed by atoms with Crippen LogP contribution in [0.1, 0.15) is 48.0 Å². The van der Waals surface area contributed by atoms with Gasteiger partial charge in [0.15, 0.2) is 0 Å². The quantitative estimate of drug-likeness (QED) is 0.557. The summed E-state index contributed by atoms with van der Waals surface area (Å²) < 4.78 is 29.2. The number of benzene rings is 1. The number of pyridine rings is 1. The zero-order valence-corrected chi connectivity index (χ0v) is 20.7. The Morgan fingerprint density at radius 3 is 2.39 bits per heavy atom. The molecule has 1 amide bonds. The van der Waals surface area contributed by atoms with E-state index in [0.29, 0.717) is 31.7 Å². The maximum absolute atomic E-state index is 13.1. The highest BCUT2D eigenvalue weighted by Crippen LogP contribution is 2.26. The standard InChI is InChI=1S/C24H32N4O3S2/c1-26(22-7-3-2-4-8-22)33(30,31)28-16-14-27(15-17-28)24(29)21-9-11-23(12-10-21)32-19-20-6-5-13-25-18-20/h5-6,9-13,18,22H,2-4,7-8,14-17,19H2,1H3. The van der Waals surface area contributed by atoms with Gasteiger partial charge in [-0.15, -0.1) is 11.8 Å². The van der Waals surface area contributed by atoms with E-state index in [9.17, 15) is 13.2 Å². The normalized spacial score (nSPS) is 18.5. The lowest BCUT2D eigenvalue weighted by atomic mass is 9.96. The van der Waals surface area contributed by atoms with Gasteiger partial charge in [-0.25, -0.2) is 0 Å². The smallest absolute Gasteiger partial charge is 0.282 e. The van der Waals surface area contributed by atoms with Crippen LogP contribution in [0.5, 0.6) is 0 Å². The Balaban J connectivity index is 1.29. The minimum atomic E-state index is -3.49. The number of thioether (sulfide) groups is 1. The predicted octanol–water partition coefficient (Wildman–Crippen LogP) is 3.64. The molecule has 0 N–H and O–H groups in total. The maximum atomic E-state index is 13.1. The van der Waals surface area contributed by atoms with Crippen molar-refractivity contribution in [3.05, 3.63) is 59.9 Å². The van der Waals surface area contributed by atoms with Crippen LogP contribution in [-0.2, 0) is 16.0 Å². The summed E-state index contributed by atoms with van der Waals surface area (Å²) in [6.45, 7) is 1.50. The van der Waals surface area contributed by atoms with Crippen LogP contribution >= 0.6 is 11.8 Å². The summed E-state index contributed by atoms with van der Waals surface area (Å²) in [6.07, 6.45) is 8.86. The summed E-state index contributed by atoms with van der Waals surface area (Å²) in [5.41, 5.74) is 1.79. The van der Waals surface area contributed by atoms with E-state index in [4.69, 9.17) is 0 Å². The van der Waals surface area contributed by atoms with Crippen molar-refractivity contribution in [3.8, 4) is 0 Å². The number of aromatic nitrogens is 1. The lowest BCUT2D eigenvalue weighted by molar-refractivity contribution is 0.0693. The Morgan fingerprint density at radius 1 is 1.06 bits per heavy atom. The molecule has 2 aliphatic rings. The molecular formula is C24H32N4O3S2. The van der Waals surface area contributed by atoms with Gasteiger partial charge < -0.3 is 4.90 Å². The highest BCUT2D eigenvalue weighted by Gasteiger charge is 2.35. The molecule has 0 radical (unpaired) electrons. The molecule has 2 heterocycles. The van der Waals surface area contributed by atoms with E-state index in [-0.39, 0.29) is 11.9 Å². The molecule has 1 aliphatic heterocycles. The van der Waals surface area contributed by atoms with Crippen LogP contribution in [0, 0.1) is 0 Å². The van der Waals surface area contributed by atoms with Crippen molar-refractivity contribution in [1.82, 2.24) is 18.5 Å². The van der Waals surface area contributed by atoms with Crippen LogP contribution in [0.4, 0.5) is 0 Å². The first kappa shape index (κ1) is 24.2. The van der Waals surface area contributed by atoms with Crippen molar-refractivity contribution < 1.29 is 13.2 Å². The molecule has 4 rings (SSSR count). The predicted molar refractivity (Wildman–Crippen MR) is 131 cm³/mol. The van der Waals surface area contributed by atoms with Gasteiger partial charge >= 0.3 is 0 Å². The van der Waals surface area contributed by atoms with Crippen molar-refractivity contribution in [2.45, 2.75) is 48.8 Å². The number of carbonyl (C=O) groups is 1. The molecule has 2 fully saturated rings. The molecule has 0 spiro atoms. The van der Waals surface area contributed by atoms with Crippen molar-refractivity contribution in [1.29, 1.82) is 0 Å². The molecule has 178 valence electrons. The highest BCUT2D eigenvalue weighted by molar-refractivity contribution is 7.98. The molecule has 0 unspecified atom stereocenters. The molecule has 1 saturated carbocycles. The minimum Gasteiger partial charge on any atom is -0.336 e. The van der Waals surface area contributed by atoms with E-state index in [0.717, 1.165) is 41.9 Å². The van der Waals surface area contributed by atoms with Gasteiger partial charge in [0.25, 0.3) is 16.1 Å². The fraction of sp³-hybridized carbons (Fsp3) is 0.500. The third-order valence-electron chi connectivity index (χ3n) is 6.53. The first-order chi connectivity index (χ1) is 15.9. The van der Waals surface area contributed by atoms with Crippen molar-refractivity contribution in [2.75, 3.05) is 33.2 Å². The molecule has 9 heteroatoms. The molecule has 1 saturated heterocycles. The van der Waals surface area contributed by atoms with E-state index in [1.807, 2.05) is 42.6 Å². The van der Waals surface area contributed by atoms with Crippen LogP contribution in [0.3, 0.4) is 0 Å². The van der Waals surface area contributed by atoms with E-state index >= 15 is 0 Å². The molecule has 1 aromatic heterocycles. The van der Waals surface area contributed by atoms with Crippen LogP contribution in [0.2, 0.25) is 0 Å². The van der Waals surface area contributed by atoms with Crippen molar-refractivity contribution in [2.24, 2.45) is 0 Å². The second-order valence-corrected chi connectivity index (χ2v) is 11.7. The van der Waals surface area contributed by atoms with Crippen molar-refractivity contribution >= 4 is 27.9 Å². The summed E-state index contributed by atoms with van der Waals surface area (Å²) in [5, 5.41) is 0. The minimum absolute atomic E-state index is 0.0449. The monoisotopic (exact) mass is 488 g/mol. The van der Waals surface area contributed by atoms with Crippen LogP contribution in [-0.4, -0.2) is 72.1 Å². The van der Waals surface area contributed by atoms with Crippen LogP contribution in [0.15, 0.2) is 53.7 Å². The van der Waals surface area contributed by atoms with Gasteiger partial charge in [0, 0.05) is 67.9 Å². The molecular weight excluding hydrogens is 456 g/mol. The number of rotatable bonds is 7. The van der Waals surface area contributed by atoms with Crippen LogP contribution in [0.25, 0.3) is 0 Å². The molecule has 1 aliphatic carbocycles. The average molecular weight is 489 g/mol. The van der Waals surface area contributed by atoms with Gasteiger partial charge in [-0.3, -0.25) is 9.78 Å². The Bertz CT molecular complexity index is 1020. The molecule has 33 heavy (non-hydrogen) atoms. The topological polar surface area (TPSA) is 73.8 Å². The van der Waals surface area contributed by atoms with Gasteiger partial charge in [-0.1, -0.05) is 25.3 Å². The lowest BCUT2D eigenvalue weighted by Crippen LogP contribution is -2.55. The molecule has 2 aromatic rings. The van der Waals surface area contributed by atoms with Gasteiger partial charge in [0.2, 0.25) is 0 Å². The first-order valence-corrected chi connectivity index (χ1v) is 14.0. The number of nitrogens with zero attached hydrogens (tertiary/aromatic N) is 4. The molecule has 0 bridgehead atoms. The van der Waals surface area contributed by atoms with Crippen LogP contribution < -0.4 is 0 Å². The number of carbonyl (C=O) groups excluding carboxylic acids is 1. The first-order valence-electron chi connectivity index (χ1n) is 11.6.